The number of aryl methyl sites for hydroxylation is 3. The van der Waals surface area contributed by atoms with E-state index < -0.39 is 0 Å². The van der Waals surface area contributed by atoms with E-state index in [1.807, 2.05) is 67.8 Å². The highest BCUT2D eigenvalue weighted by Crippen LogP contribution is 2.34. The molecule has 4 aromatic rings. The first-order chi connectivity index (χ1) is 16.4. The van der Waals surface area contributed by atoms with Gasteiger partial charge in [-0.25, -0.2) is 4.98 Å². The highest BCUT2D eigenvalue weighted by Gasteiger charge is 2.22. The normalized spacial score (nSPS) is 10.6. The minimum Gasteiger partial charge on any atom is -0.487 e. The lowest BCUT2D eigenvalue weighted by atomic mass is 10.0. The van der Waals surface area contributed by atoms with E-state index in [1.54, 1.807) is 11.8 Å². The molecular weight excluding hydrogens is 442 g/mol. The van der Waals surface area contributed by atoms with Crippen LogP contribution >= 0.6 is 11.3 Å². The Balaban J connectivity index is 1.47. The number of aromatic nitrogens is 1. The van der Waals surface area contributed by atoms with Gasteiger partial charge in [0.15, 0.2) is 5.13 Å². The third-order valence-corrected chi connectivity index (χ3v) is 6.37. The van der Waals surface area contributed by atoms with Gasteiger partial charge in [0.2, 0.25) is 5.91 Å². The van der Waals surface area contributed by atoms with E-state index in [-0.39, 0.29) is 5.91 Å². The molecule has 3 aromatic carbocycles. The van der Waals surface area contributed by atoms with Crippen LogP contribution in [0, 0.1) is 32.1 Å². The van der Waals surface area contributed by atoms with Crippen molar-refractivity contribution in [3.8, 4) is 22.9 Å². The summed E-state index contributed by atoms with van der Waals surface area (Å²) in [6.07, 6.45) is 0. The second-order valence-electron chi connectivity index (χ2n) is 8.23. The number of nitriles is 1. The fourth-order valence-electron chi connectivity index (χ4n) is 4.02. The number of hydrogen-bond acceptors (Lipinski definition) is 5. The molecule has 0 bridgehead atoms. The lowest BCUT2D eigenvalue weighted by molar-refractivity contribution is -0.115. The minimum absolute atomic E-state index is 0.0738. The Kier molecular flexibility index (Phi) is 6.76. The Morgan fingerprint density at radius 3 is 2.15 bits per heavy atom. The van der Waals surface area contributed by atoms with E-state index in [9.17, 15) is 4.79 Å². The number of ether oxygens (including phenoxy) is 1. The summed E-state index contributed by atoms with van der Waals surface area (Å²) in [4.78, 5) is 18.9. The molecule has 1 aromatic heterocycles. The van der Waals surface area contributed by atoms with Gasteiger partial charge in [0.1, 0.15) is 12.4 Å². The lowest BCUT2D eigenvalue weighted by Gasteiger charge is -2.23. The van der Waals surface area contributed by atoms with Crippen molar-refractivity contribution in [1.29, 1.82) is 5.26 Å². The molecule has 0 saturated heterocycles. The third-order valence-electron chi connectivity index (χ3n) is 5.49. The van der Waals surface area contributed by atoms with E-state index in [1.165, 1.54) is 16.9 Å². The van der Waals surface area contributed by atoms with Gasteiger partial charge in [-0.3, -0.25) is 9.69 Å². The molecule has 0 unspecified atom stereocenters. The number of rotatable bonds is 6. The van der Waals surface area contributed by atoms with Crippen LogP contribution in [0.1, 0.15) is 34.9 Å². The Morgan fingerprint density at radius 1 is 1.00 bits per heavy atom. The zero-order valence-corrected chi connectivity index (χ0v) is 20.4. The fourth-order valence-corrected chi connectivity index (χ4v) is 4.87. The molecule has 1 amide bonds. The van der Waals surface area contributed by atoms with Crippen molar-refractivity contribution in [3.05, 3.63) is 94.0 Å². The van der Waals surface area contributed by atoms with Gasteiger partial charge in [0.05, 0.1) is 23.0 Å². The minimum atomic E-state index is -0.0738. The summed E-state index contributed by atoms with van der Waals surface area (Å²) in [7, 11) is 0. The van der Waals surface area contributed by atoms with Gasteiger partial charge >= 0.3 is 0 Å². The molecule has 170 valence electrons. The van der Waals surface area contributed by atoms with Gasteiger partial charge in [-0.2, -0.15) is 5.26 Å². The molecule has 0 saturated carbocycles. The molecule has 6 heteroatoms. The topological polar surface area (TPSA) is 66.2 Å². The summed E-state index contributed by atoms with van der Waals surface area (Å²) in [5, 5.41) is 11.5. The second-order valence-corrected chi connectivity index (χ2v) is 9.06. The first kappa shape index (κ1) is 23.2. The summed E-state index contributed by atoms with van der Waals surface area (Å²) < 4.78 is 5.94. The molecule has 4 rings (SSSR count). The maximum absolute atomic E-state index is 12.6. The van der Waals surface area contributed by atoms with Gasteiger partial charge in [0.25, 0.3) is 0 Å². The molecule has 0 fully saturated rings. The fraction of sp³-hybridized carbons (Fsp3) is 0.179. The Hall–Kier alpha value is -3.95. The van der Waals surface area contributed by atoms with Crippen LogP contribution in [0.4, 0.5) is 10.8 Å². The number of thiazole rings is 1. The summed E-state index contributed by atoms with van der Waals surface area (Å²) in [5.41, 5.74) is 7.65. The predicted molar refractivity (Wildman–Crippen MR) is 137 cm³/mol. The molecule has 0 atom stereocenters. The van der Waals surface area contributed by atoms with E-state index in [2.05, 4.69) is 30.1 Å². The molecule has 0 aliphatic carbocycles. The van der Waals surface area contributed by atoms with E-state index in [0.717, 1.165) is 39.4 Å². The molecule has 34 heavy (non-hydrogen) atoms. The van der Waals surface area contributed by atoms with Gasteiger partial charge in [-0.1, -0.05) is 42.0 Å². The molecule has 0 radical (unpaired) electrons. The molecular formula is C28H25N3O2S. The van der Waals surface area contributed by atoms with Crippen LogP contribution in [0.5, 0.6) is 5.75 Å². The summed E-state index contributed by atoms with van der Waals surface area (Å²) in [5.74, 6) is 0.663. The standard InChI is InChI=1S/C28H25N3O2S/c1-18-13-19(2)27(20(3)14-18)31(21(4)32)28-30-25(17-34-28)16-33-26-11-9-24(10-12-26)23-7-5-22(15-29)6-8-23/h5-14,17H,16H2,1-4H3. The maximum Gasteiger partial charge on any atom is 0.230 e. The Labute approximate surface area is 203 Å². The van der Waals surface area contributed by atoms with Crippen LogP contribution in [-0.4, -0.2) is 10.9 Å². The molecule has 5 nitrogen and oxygen atoms in total. The van der Waals surface area contributed by atoms with Crippen molar-refractivity contribution in [2.24, 2.45) is 0 Å². The second kappa shape index (κ2) is 9.90. The predicted octanol–water partition coefficient (Wildman–Crippen LogP) is 6.87. The summed E-state index contributed by atoms with van der Waals surface area (Å²) >= 11 is 1.43. The van der Waals surface area contributed by atoms with Crippen molar-refractivity contribution in [2.75, 3.05) is 4.90 Å². The van der Waals surface area contributed by atoms with E-state index in [4.69, 9.17) is 10.00 Å². The van der Waals surface area contributed by atoms with Gasteiger partial charge in [0, 0.05) is 12.3 Å². The Morgan fingerprint density at radius 2 is 1.59 bits per heavy atom. The van der Waals surface area contributed by atoms with Crippen LogP contribution in [-0.2, 0) is 11.4 Å². The maximum atomic E-state index is 12.6. The van der Waals surface area contributed by atoms with Crippen LogP contribution < -0.4 is 9.64 Å². The van der Waals surface area contributed by atoms with Gasteiger partial charge in [-0.05, 0) is 67.3 Å². The summed E-state index contributed by atoms with van der Waals surface area (Å²) in [6, 6.07) is 21.6. The number of anilines is 2. The average molecular weight is 468 g/mol. The molecule has 0 aliphatic heterocycles. The number of benzene rings is 3. The van der Waals surface area contributed by atoms with Crippen LogP contribution in [0.3, 0.4) is 0 Å². The quantitative estimate of drug-likeness (QED) is 0.310. The molecule has 1 heterocycles. The zero-order valence-electron chi connectivity index (χ0n) is 19.6. The number of nitrogens with zero attached hydrogens (tertiary/aromatic N) is 3. The first-order valence-electron chi connectivity index (χ1n) is 10.9. The van der Waals surface area contributed by atoms with Crippen LogP contribution in [0.2, 0.25) is 0 Å². The Bertz CT molecular complexity index is 1340. The molecule has 0 N–H and O–H groups in total. The number of amides is 1. The van der Waals surface area contributed by atoms with Crippen LogP contribution in [0.25, 0.3) is 11.1 Å². The number of carbonyl (C=O) groups excluding carboxylic acids is 1. The average Bonchev–Trinajstić information content (AvgIpc) is 3.28. The largest absolute Gasteiger partial charge is 0.487 e. The van der Waals surface area contributed by atoms with Crippen molar-refractivity contribution in [2.45, 2.75) is 34.3 Å². The van der Waals surface area contributed by atoms with Crippen molar-refractivity contribution in [3.63, 3.8) is 0 Å². The first-order valence-corrected chi connectivity index (χ1v) is 11.8. The van der Waals surface area contributed by atoms with Crippen molar-refractivity contribution in [1.82, 2.24) is 4.98 Å². The summed E-state index contributed by atoms with van der Waals surface area (Å²) in [6.45, 7) is 7.96. The highest BCUT2D eigenvalue weighted by molar-refractivity contribution is 7.14. The van der Waals surface area contributed by atoms with E-state index in [0.29, 0.717) is 17.3 Å². The lowest BCUT2D eigenvalue weighted by Crippen LogP contribution is -2.24. The SMILES string of the molecule is CC(=O)N(c1nc(COc2ccc(-c3ccc(C#N)cc3)cc2)cs1)c1c(C)cc(C)cc1C. The number of hydrogen-bond donors (Lipinski definition) is 0. The van der Waals surface area contributed by atoms with Crippen molar-refractivity contribution >= 4 is 28.1 Å². The zero-order chi connectivity index (χ0) is 24.2. The van der Waals surface area contributed by atoms with E-state index >= 15 is 0 Å². The van der Waals surface area contributed by atoms with Crippen LogP contribution in [0.15, 0.2) is 66.0 Å². The molecule has 0 aliphatic rings. The van der Waals surface area contributed by atoms with Crippen molar-refractivity contribution < 1.29 is 9.53 Å². The molecule has 0 spiro atoms. The third kappa shape index (κ3) is 5.00. The number of carbonyl (C=O) groups is 1. The highest BCUT2D eigenvalue weighted by atomic mass is 32.1. The van der Waals surface area contributed by atoms with Gasteiger partial charge in [-0.15, -0.1) is 11.3 Å². The van der Waals surface area contributed by atoms with Gasteiger partial charge < -0.3 is 4.74 Å². The monoisotopic (exact) mass is 467 g/mol. The smallest absolute Gasteiger partial charge is 0.230 e.